The molecule has 1 N–H and O–H groups in total. The van der Waals surface area contributed by atoms with Gasteiger partial charge in [0, 0.05) is 13.0 Å². The first kappa shape index (κ1) is 18.5. The fourth-order valence-corrected chi connectivity index (χ4v) is 2.74. The first-order valence-electron chi connectivity index (χ1n) is 8.36. The summed E-state index contributed by atoms with van der Waals surface area (Å²) in [6.07, 6.45) is 1.11. The average Bonchev–Trinajstić information content (AvgIpc) is 3.07. The van der Waals surface area contributed by atoms with Crippen molar-refractivity contribution in [3.05, 3.63) is 35.4 Å². The third-order valence-corrected chi connectivity index (χ3v) is 4.36. The first-order chi connectivity index (χ1) is 11.3. The van der Waals surface area contributed by atoms with Crippen LogP contribution < -0.4 is 5.32 Å². The van der Waals surface area contributed by atoms with Crippen molar-refractivity contribution < 1.29 is 19.1 Å². The first-order valence-corrected chi connectivity index (χ1v) is 8.36. The Labute approximate surface area is 143 Å². The lowest BCUT2D eigenvalue weighted by atomic mass is 9.86. The van der Waals surface area contributed by atoms with Gasteiger partial charge in [-0.3, -0.25) is 4.79 Å². The summed E-state index contributed by atoms with van der Waals surface area (Å²) in [5.74, 6) is -0.753. The molecule has 5 heteroatoms. The number of amides is 1. The average molecular weight is 333 g/mol. The summed E-state index contributed by atoms with van der Waals surface area (Å²) < 4.78 is 10.1. The van der Waals surface area contributed by atoms with Gasteiger partial charge in [-0.1, -0.05) is 45.0 Å². The summed E-state index contributed by atoms with van der Waals surface area (Å²) in [4.78, 5) is 24.3. The van der Waals surface area contributed by atoms with Gasteiger partial charge in [0.2, 0.25) is 5.91 Å². The lowest BCUT2D eigenvalue weighted by Gasteiger charge is -2.21. The Morgan fingerprint density at radius 2 is 1.96 bits per heavy atom. The van der Waals surface area contributed by atoms with Gasteiger partial charge in [0.25, 0.3) is 0 Å². The van der Waals surface area contributed by atoms with Crippen molar-refractivity contribution in [2.75, 3.05) is 20.3 Å². The minimum Gasteiger partial charge on any atom is -0.467 e. The second kappa shape index (κ2) is 7.79. The fourth-order valence-electron chi connectivity index (χ4n) is 2.74. The Morgan fingerprint density at radius 3 is 2.46 bits per heavy atom. The molecular weight excluding hydrogens is 306 g/mol. The van der Waals surface area contributed by atoms with Gasteiger partial charge >= 0.3 is 5.97 Å². The van der Waals surface area contributed by atoms with Gasteiger partial charge in [-0.15, -0.1) is 0 Å². The summed E-state index contributed by atoms with van der Waals surface area (Å²) in [7, 11) is 1.34. The minimum absolute atomic E-state index is 0.0803. The molecule has 1 aromatic rings. The number of nitrogens with one attached hydrogen (secondary N) is 1. The summed E-state index contributed by atoms with van der Waals surface area (Å²) >= 11 is 0. The number of hydrogen-bond donors (Lipinski definition) is 1. The topological polar surface area (TPSA) is 64.6 Å². The summed E-state index contributed by atoms with van der Waals surface area (Å²) in [5, 5.41) is 2.81. The number of ether oxygens (including phenoxy) is 2. The Kier molecular flexibility index (Phi) is 5.99. The number of methoxy groups -OCH3 is 1. The predicted molar refractivity (Wildman–Crippen MR) is 91.7 cm³/mol. The van der Waals surface area contributed by atoms with Crippen molar-refractivity contribution >= 4 is 11.9 Å². The monoisotopic (exact) mass is 333 g/mol. The fraction of sp³-hybridized carbons (Fsp3) is 0.579. The quantitative estimate of drug-likeness (QED) is 0.839. The molecule has 0 aliphatic carbocycles. The zero-order valence-electron chi connectivity index (χ0n) is 14.9. The van der Waals surface area contributed by atoms with Crippen LogP contribution in [0.2, 0.25) is 0 Å². The van der Waals surface area contributed by atoms with E-state index in [4.69, 9.17) is 9.47 Å². The molecule has 0 saturated carbocycles. The zero-order chi connectivity index (χ0) is 17.7. The highest BCUT2D eigenvalue weighted by molar-refractivity contribution is 5.86. The third-order valence-electron chi connectivity index (χ3n) is 4.36. The lowest BCUT2D eigenvalue weighted by Crippen LogP contribution is -2.45. The summed E-state index contributed by atoms with van der Waals surface area (Å²) in [6, 6.07) is 7.46. The van der Waals surface area contributed by atoms with E-state index in [-0.39, 0.29) is 17.2 Å². The molecule has 2 rings (SSSR count). The Morgan fingerprint density at radius 1 is 1.29 bits per heavy atom. The maximum Gasteiger partial charge on any atom is 0.328 e. The van der Waals surface area contributed by atoms with Crippen LogP contribution in [0.15, 0.2) is 24.3 Å². The number of carbonyl (C=O) groups excluding carboxylic acids is 2. The largest absolute Gasteiger partial charge is 0.467 e. The summed E-state index contributed by atoms with van der Waals surface area (Å²) in [6.45, 7) is 7.48. The minimum atomic E-state index is -0.677. The molecule has 2 atom stereocenters. The van der Waals surface area contributed by atoms with Gasteiger partial charge in [0.15, 0.2) is 0 Å². The zero-order valence-corrected chi connectivity index (χ0v) is 14.9. The van der Waals surface area contributed by atoms with E-state index in [0.29, 0.717) is 26.1 Å². The van der Waals surface area contributed by atoms with Crippen LogP contribution in [0.25, 0.3) is 0 Å². The number of esters is 1. The lowest BCUT2D eigenvalue weighted by molar-refractivity contribution is -0.145. The van der Waals surface area contributed by atoms with E-state index in [2.05, 4.69) is 38.2 Å². The van der Waals surface area contributed by atoms with Crippen molar-refractivity contribution in [3.8, 4) is 0 Å². The number of carbonyl (C=O) groups is 2. The van der Waals surface area contributed by atoms with Crippen LogP contribution in [-0.2, 0) is 30.9 Å². The van der Waals surface area contributed by atoms with Crippen LogP contribution in [0, 0.1) is 5.92 Å². The number of rotatable bonds is 5. The van der Waals surface area contributed by atoms with Crippen LogP contribution in [0.5, 0.6) is 0 Å². The van der Waals surface area contributed by atoms with Crippen LogP contribution >= 0.6 is 0 Å². The molecular formula is C19H27NO4. The van der Waals surface area contributed by atoms with E-state index in [1.807, 2.05) is 12.1 Å². The molecule has 1 aliphatic rings. The van der Waals surface area contributed by atoms with Crippen LogP contribution in [0.4, 0.5) is 0 Å². The van der Waals surface area contributed by atoms with Crippen LogP contribution in [0.3, 0.4) is 0 Å². The molecule has 132 valence electrons. The Hall–Kier alpha value is -1.88. The molecule has 0 radical (unpaired) electrons. The van der Waals surface area contributed by atoms with Crippen LogP contribution in [-0.4, -0.2) is 38.2 Å². The van der Waals surface area contributed by atoms with Crippen molar-refractivity contribution in [3.63, 3.8) is 0 Å². The van der Waals surface area contributed by atoms with Gasteiger partial charge in [0.1, 0.15) is 6.04 Å². The SMILES string of the molecule is COC(=O)[C@H](Cc1ccc(C(C)(C)C)cc1)NC(=O)[C@@H]1CCOC1. The number of hydrogen-bond acceptors (Lipinski definition) is 4. The van der Waals surface area contributed by atoms with Gasteiger partial charge in [0.05, 0.1) is 19.6 Å². The molecule has 1 aromatic carbocycles. The molecule has 1 amide bonds. The van der Waals surface area contributed by atoms with Gasteiger partial charge in [-0.2, -0.15) is 0 Å². The molecule has 1 aliphatic heterocycles. The molecule has 24 heavy (non-hydrogen) atoms. The molecule has 0 spiro atoms. The van der Waals surface area contributed by atoms with Crippen molar-refractivity contribution in [2.24, 2.45) is 5.92 Å². The highest BCUT2D eigenvalue weighted by Gasteiger charge is 2.28. The van der Waals surface area contributed by atoms with Crippen molar-refractivity contribution in [2.45, 2.75) is 45.1 Å². The molecule has 1 fully saturated rings. The maximum absolute atomic E-state index is 12.3. The Bertz CT molecular complexity index is 568. The molecule has 1 heterocycles. The van der Waals surface area contributed by atoms with E-state index in [1.54, 1.807) is 0 Å². The molecule has 0 aromatic heterocycles. The molecule has 0 unspecified atom stereocenters. The maximum atomic E-state index is 12.3. The molecule has 1 saturated heterocycles. The van der Waals surface area contributed by atoms with E-state index < -0.39 is 12.0 Å². The predicted octanol–water partition coefficient (Wildman–Crippen LogP) is 2.22. The third kappa shape index (κ3) is 4.81. The highest BCUT2D eigenvalue weighted by atomic mass is 16.5. The van der Waals surface area contributed by atoms with Gasteiger partial charge in [-0.05, 0) is 23.0 Å². The molecule has 5 nitrogen and oxygen atoms in total. The van der Waals surface area contributed by atoms with Gasteiger partial charge < -0.3 is 14.8 Å². The van der Waals surface area contributed by atoms with E-state index in [9.17, 15) is 9.59 Å². The van der Waals surface area contributed by atoms with Gasteiger partial charge in [-0.25, -0.2) is 4.79 Å². The normalized spacial score (nSPS) is 18.9. The smallest absolute Gasteiger partial charge is 0.328 e. The van der Waals surface area contributed by atoms with Crippen LogP contribution in [0.1, 0.15) is 38.3 Å². The second-order valence-corrected chi connectivity index (χ2v) is 7.30. The highest BCUT2D eigenvalue weighted by Crippen LogP contribution is 2.22. The standard InChI is InChI=1S/C19H27NO4/c1-19(2,3)15-7-5-13(6-8-15)11-16(18(22)23-4)20-17(21)14-9-10-24-12-14/h5-8,14,16H,9-12H2,1-4H3,(H,20,21)/t14-,16+/m1/s1. The Balaban J connectivity index is 2.05. The number of benzene rings is 1. The van der Waals surface area contributed by atoms with E-state index in [1.165, 1.54) is 12.7 Å². The van der Waals surface area contributed by atoms with Crippen molar-refractivity contribution in [1.82, 2.24) is 5.32 Å². The van der Waals surface area contributed by atoms with E-state index >= 15 is 0 Å². The second-order valence-electron chi connectivity index (χ2n) is 7.30. The molecule has 0 bridgehead atoms. The van der Waals surface area contributed by atoms with E-state index in [0.717, 1.165) is 5.56 Å². The summed E-state index contributed by atoms with van der Waals surface area (Å²) in [5.41, 5.74) is 2.30. The van der Waals surface area contributed by atoms with Crippen molar-refractivity contribution in [1.29, 1.82) is 0 Å².